The van der Waals surface area contributed by atoms with Crippen LogP contribution in [0.15, 0.2) is 23.1 Å². The van der Waals surface area contributed by atoms with E-state index in [1.165, 1.54) is 6.07 Å². The molecule has 1 N–H and O–H groups in total. The fourth-order valence-electron chi connectivity index (χ4n) is 2.42. The van der Waals surface area contributed by atoms with Gasteiger partial charge in [0.25, 0.3) is 11.6 Å². The molecule has 2 aliphatic heterocycles. The Hall–Kier alpha value is -1.97. The van der Waals surface area contributed by atoms with Crippen molar-refractivity contribution in [1.82, 2.24) is 5.32 Å². The van der Waals surface area contributed by atoms with Crippen LogP contribution < -0.4 is 10.2 Å². The van der Waals surface area contributed by atoms with Gasteiger partial charge in [-0.1, -0.05) is 30.0 Å². The Bertz CT molecular complexity index is 714. The van der Waals surface area contributed by atoms with E-state index >= 15 is 0 Å². The second-order valence-electron chi connectivity index (χ2n) is 4.96. The van der Waals surface area contributed by atoms with Gasteiger partial charge in [0.15, 0.2) is 0 Å². The van der Waals surface area contributed by atoms with Crippen LogP contribution in [0.4, 0.5) is 11.4 Å². The summed E-state index contributed by atoms with van der Waals surface area (Å²) in [5, 5.41) is 13.9. The highest BCUT2D eigenvalue weighted by atomic mass is 32.2. The highest BCUT2D eigenvalue weighted by Crippen LogP contribution is 2.32. The van der Waals surface area contributed by atoms with Gasteiger partial charge in [-0.2, -0.15) is 0 Å². The fourth-order valence-corrected chi connectivity index (χ4v) is 3.46. The van der Waals surface area contributed by atoms with Gasteiger partial charge < -0.3 is 15.0 Å². The van der Waals surface area contributed by atoms with Crippen molar-refractivity contribution in [2.24, 2.45) is 0 Å². The molecule has 0 spiro atoms. The molecule has 0 aromatic heterocycles. The number of nitro groups is 1. The smallest absolute Gasteiger partial charge is 0.293 e. The molecule has 0 bridgehead atoms. The topological polar surface area (TPSA) is 84.7 Å². The molecule has 0 radical (unpaired) electrons. The van der Waals surface area contributed by atoms with E-state index in [-0.39, 0.29) is 11.6 Å². The summed E-state index contributed by atoms with van der Waals surface area (Å²) in [5.41, 5.74) is 1.18. The summed E-state index contributed by atoms with van der Waals surface area (Å²) in [6.45, 7) is 2.34. The van der Waals surface area contributed by atoms with Crippen LogP contribution in [0.1, 0.15) is 5.56 Å². The first-order valence-corrected chi connectivity index (χ1v) is 8.13. The van der Waals surface area contributed by atoms with Crippen molar-refractivity contribution in [1.29, 1.82) is 0 Å². The number of benzene rings is 1. The molecular formula is C14H13N3O4S2. The highest BCUT2D eigenvalue weighted by Gasteiger charge is 2.24. The second-order valence-corrected chi connectivity index (χ2v) is 6.68. The molecule has 1 amide bonds. The monoisotopic (exact) mass is 351 g/mol. The number of rotatable bonds is 3. The first-order valence-electron chi connectivity index (χ1n) is 6.90. The molecule has 2 saturated heterocycles. The van der Waals surface area contributed by atoms with Gasteiger partial charge in [0.05, 0.1) is 23.0 Å². The summed E-state index contributed by atoms with van der Waals surface area (Å²) in [4.78, 5) is 25.0. The van der Waals surface area contributed by atoms with Crippen LogP contribution in [-0.4, -0.2) is 41.5 Å². The largest absolute Gasteiger partial charge is 0.378 e. The van der Waals surface area contributed by atoms with Crippen LogP contribution in [-0.2, 0) is 9.53 Å². The lowest BCUT2D eigenvalue weighted by molar-refractivity contribution is -0.384. The Labute approximate surface area is 141 Å². The Balaban J connectivity index is 1.93. The number of nitrogens with one attached hydrogen (secondary N) is 1. The molecule has 2 heterocycles. The molecule has 0 saturated carbocycles. The minimum absolute atomic E-state index is 0.0206. The summed E-state index contributed by atoms with van der Waals surface area (Å²) >= 11 is 6.08. The molecular weight excluding hydrogens is 338 g/mol. The number of carbonyl (C=O) groups excluding carboxylic acids is 1. The first-order chi connectivity index (χ1) is 11.0. The third kappa shape index (κ3) is 3.52. The van der Waals surface area contributed by atoms with Crippen LogP contribution in [0.3, 0.4) is 0 Å². The fraction of sp³-hybridized carbons (Fsp3) is 0.286. The molecule has 0 unspecified atom stereocenters. The number of ether oxygens (including phenoxy) is 1. The second kappa shape index (κ2) is 6.65. The van der Waals surface area contributed by atoms with Gasteiger partial charge in [0.1, 0.15) is 10.0 Å². The molecule has 2 fully saturated rings. The van der Waals surface area contributed by atoms with Gasteiger partial charge in [-0.15, -0.1) is 0 Å². The average Bonchev–Trinajstić information content (AvgIpc) is 2.85. The first kappa shape index (κ1) is 15.9. The Morgan fingerprint density at radius 1 is 1.39 bits per heavy atom. The Morgan fingerprint density at radius 3 is 2.74 bits per heavy atom. The van der Waals surface area contributed by atoms with Crippen LogP contribution in [0.2, 0.25) is 0 Å². The van der Waals surface area contributed by atoms with Gasteiger partial charge in [-0.3, -0.25) is 14.9 Å². The van der Waals surface area contributed by atoms with Crippen molar-refractivity contribution in [2.75, 3.05) is 31.2 Å². The zero-order valence-electron chi connectivity index (χ0n) is 12.0. The van der Waals surface area contributed by atoms with Gasteiger partial charge in [0.2, 0.25) is 0 Å². The lowest BCUT2D eigenvalue weighted by Crippen LogP contribution is -2.36. The van der Waals surface area contributed by atoms with Crippen LogP contribution in [0, 0.1) is 10.1 Å². The van der Waals surface area contributed by atoms with E-state index in [0.717, 1.165) is 11.8 Å². The van der Waals surface area contributed by atoms with Crippen LogP contribution >= 0.6 is 24.0 Å². The molecule has 7 nitrogen and oxygen atoms in total. The van der Waals surface area contributed by atoms with Crippen molar-refractivity contribution in [3.8, 4) is 0 Å². The van der Waals surface area contributed by atoms with E-state index in [2.05, 4.69) is 5.32 Å². The standard InChI is InChI=1S/C14H13N3O4S2/c18-13-12(23-14(22)15-13)8-9-1-2-10(11(7-9)17(19)20)16-3-5-21-6-4-16/h1-2,7-8H,3-6H2,(H,15,18,22)/b12-8-. The Morgan fingerprint density at radius 2 is 2.13 bits per heavy atom. The third-order valence-corrected chi connectivity index (χ3v) is 4.65. The molecule has 9 heteroatoms. The van der Waals surface area contributed by atoms with E-state index in [9.17, 15) is 14.9 Å². The number of thioether (sulfide) groups is 1. The average molecular weight is 351 g/mol. The molecule has 3 rings (SSSR count). The molecule has 2 aliphatic rings. The molecule has 1 aromatic rings. The predicted molar refractivity (Wildman–Crippen MR) is 92.4 cm³/mol. The number of hydrogen-bond acceptors (Lipinski definition) is 7. The zero-order valence-corrected chi connectivity index (χ0v) is 13.6. The van der Waals surface area contributed by atoms with Gasteiger partial charge >= 0.3 is 0 Å². The van der Waals surface area contributed by atoms with Crippen molar-refractivity contribution >= 4 is 51.7 Å². The van der Waals surface area contributed by atoms with Crippen molar-refractivity contribution in [3.05, 3.63) is 38.8 Å². The number of amides is 1. The van der Waals surface area contributed by atoms with Crippen LogP contribution in [0.25, 0.3) is 6.08 Å². The number of carbonyl (C=O) groups is 1. The van der Waals surface area contributed by atoms with Crippen molar-refractivity contribution < 1.29 is 14.5 Å². The number of thiocarbonyl (C=S) groups is 1. The minimum Gasteiger partial charge on any atom is -0.378 e. The molecule has 1 aromatic carbocycles. The molecule has 0 aliphatic carbocycles. The summed E-state index contributed by atoms with van der Waals surface area (Å²) in [5.74, 6) is -0.278. The molecule has 120 valence electrons. The zero-order chi connectivity index (χ0) is 16.4. The summed E-state index contributed by atoms with van der Waals surface area (Å²) in [6, 6.07) is 4.96. The summed E-state index contributed by atoms with van der Waals surface area (Å²) < 4.78 is 5.66. The molecule has 0 atom stereocenters. The maximum absolute atomic E-state index is 11.7. The number of nitrogens with zero attached hydrogens (tertiary/aromatic N) is 2. The number of morpholine rings is 1. The maximum Gasteiger partial charge on any atom is 0.293 e. The number of nitro benzene ring substituents is 1. The molecule has 23 heavy (non-hydrogen) atoms. The SMILES string of the molecule is O=C1NC(=S)S/C1=C\c1ccc(N2CCOCC2)c([N+](=O)[O-])c1. The quantitative estimate of drug-likeness (QED) is 0.385. The van der Waals surface area contributed by atoms with E-state index in [1.54, 1.807) is 18.2 Å². The minimum atomic E-state index is -0.403. The van der Waals surface area contributed by atoms with Crippen molar-refractivity contribution in [2.45, 2.75) is 0 Å². The predicted octanol–water partition coefficient (Wildman–Crippen LogP) is 1.92. The van der Waals surface area contributed by atoms with Gasteiger partial charge in [0, 0.05) is 19.2 Å². The van der Waals surface area contributed by atoms with Gasteiger partial charge in [-0.05, 0) is 17.7 Å². The lowest BCUT2D eigenvalue weighted by Gasteiger charge is -2.28. The Kier molecular flexibility index (Phi) is 4.60. The number of hydrogen-bond donors (Lipinski definition) is 1. The third-order valence-electron chi connectivity index (χ3n) is 3.49. The highest BCUT2D eigenvalue weighted by molar-refractivity contribution is 8.26. The normalized spacial score (nSPS) is 20.0. The van der Waals surface area contributed by atoms with Gasteiger partial charge in [-0.25, -0.2) is 0 Å². The van der Waals surface area contributed by atoms with E-state index in [1.807, 2.05) is 4.90 Å². The number of anilines is 1. The van der Waals surface area contributed by atoms with E-state index in [0.29, 0.717) is 46.8 Å². The van der Waals surface area contributed by atoms with Crippen molar-refractivity contribution in [3.63, 3.8) is 0 Å². The van der Waals surface area contributed by atoms with E-state index < -0.39 is 4.92 Å². The van der Waals surface area contributed by atoms with E-state index in [4.69, 9.17) is 17.0 Å². The maximum atomic E-state index is 11.7. The summed E-state index contributed by atoms with van der Waals surface area (Å²) in [7, 11) is 0. The lowest BCUT2D eigenvalue weighted by atomic mass is 10.1. The van der Waals surface area contributed by atoms with Crippen LogP contribution in [0.5, 0.6) is 0 Å². The summed E-state index contributed by atoms with van der Waals surface area (Å²) in [6.07, 6.45) is 1.61.